The monoisotopic (exact) mass is 1270 g/mol. The van der Waals surface area contributed by atoms with E-state index in [2.05, 4.69) is 57.5 Å². The van der Waals surface area contributed by atoms with Gasteiger partial charge in [0.25, 0.3) is 23.5 Å². The maximum Gasteiger partial charge on any atom is 0.446 e. The first kappa shape index (κ1) is 66.4. The lowest BCUT2D eigenvalue weighted by Crippen LogP contribution is -2.34. The van der Waals surface area contributed by atoms with Crippen molar-refractivity contribution < 1.29 is 59.7 Å². The first-order chi connectivity index (χ1) is 43.5. The number of likely N-dealkylation sites (tertiary alicyclic amines) is 1. The van der Waals surface area contributed by atoms with Crippen LogP contribution in [-0.2, 0) is 40.0 Å². The van der Waals surface area contributed by atoms with E-state index < -0.39 is 46.9 Å². The number of nitrogens with zero attached hydrogens (tertiary/aromatic N) is 10. The third kappa shape index (κ3) is 16.7. The summed E-state index contributed by atoms with van der Waals surface area (Å²) in [7, 11) is 1.62. The zero-order valence-corrected chi connectivity index (χ0v) is 52.3. The normalized spacial score (nSPS) is 14.5. The van der Waals surface area contributed by atoms with Gasteiger partial charge in [0.05, 0.1) is 35.8 Å². The van der Waals surface area contributed by atoms with Gasteiger partial charge >= 0.3 is 12.3 Å². The fourth-order valence-corrected chi connectivity index (χ4v) is 9.65. The van der Waals surface area contributed by atoms with Crippen LogP contribution in [0.3, 0.4) is 0 Å². The summed E-state index contributed by atoms with van der Waals surface area (Å²) in [6.07, 6.45) is 3.01. The van der Waals surface area contributed by atoms with Gasteiger partial charge in [0.15, 0.2) is 11.3 Å². The van der Waals surface area contributed by atoms with Gasteiger partial charge in [-0.15, -0.1) is 0 Å². The highest BCUT2D eigenvalue weighted by Crippen LogP contribution is 2.35. The summed E-state index contributed by atoms with van der Waals surface area (Å²) in [4.78, 5) is 65.6. The zero-order chi connectivity index (χ0) is 66.3. The average molecular weight is 1270 g/mol. The summed E-state index contributed by atoms with van der Waals surface area (Å²) in [5.41, 5.74) is 8.16. The van der Waals surface area contributed by atoms with E-state index in [0.717, 1.165) is 64.0 Å². The van der Waals surface area contributed by atoms with Crippen LogP contribution in [0.15, 0.2) is 105 Å². The van der Waals surface area contributed by atoms with Gasteiger partial charge in [-0.3, -0.25) is 19.5 Å². The van der Waals surface area contributed by atoms with Crippen molar-refractivity contribution >= 4 is 58.4 Å². The minimum Gasteiger partial charge on any atom is -0.497 e. The maximum absolute atomic E-state index is 15.7. The molecule has 0 radical (unpaired) electrons. The fourth-order valence-electron chi connectivity index (χ4n) is 9.65. The molecule has 0 bridgehead atoms. The Labute approximate surface area is 525 Å². The lowest BCUT2D eigenvalue weighted by atomic mass is 9.97. The Morgan fingerprint density at radius 1 is 0.717 bits per heavy atom. The number of aromatic nitrogens is 10. The van der Waals surface area contributed by atoms with E-state index in [1.54, 1.807) is 36.5 Å². The Bertz CT molecular complexity index is 4220. The number of pyridine rings is 2. The number of hydrogen-bond acceptors (Lipinski definition) is 17. The number of alkyl halides is 3. The molecule has 11 rings (SSSR count). The number of ether oxygens (including phenoxy) is 2. The van der Waals surface area contributed by atoms with E-state index >= 15 is 8.78 Å². The number of carbonyl (C=O) groups excluding carboxylic acids is 4. The highest BCUT2D eigenvalue weighted by molar-refractivity contribution is 5.99. The summed E-state index contributed by atoms with van der Waals surface area (Å²) >= 11 is 0. The maximum atomic E-state index is 15.7. The molecule has 92 heavy (non-hydrogen) atoms. The van der Waals surface area contributed by atoms with Gasteiger partial charge < -0.3 is 39.4 Å². The number of H-pyrrole nitrogens is 1. The Hall–Kier alpha value is -10.1. The van der Waals surface area contributed by atoms with Crippen LogP contribution >= 0.6 is 0 Å². The van der Waals surface area contributed by atoms with Gasteiger partial charge in [0.2, 0.25) is 18.1 Å². The number of rotatable bonds is 13. The first-order valence-electron chi connectivity index (χ1n) is 29.3. The third-order valence-electron chi connectivity index (χ3n) is 14.3. The number of aromatic amines is 1. The summed E-state index contributed by atoms with van der Waals surface area (Å²) in [6, 6.07) is 21.3. The Balaban J connectivity index is 0.000000211. The molecule has 482 valence electrons. The van der Waals surface area contributed by atoms with E-state index in [4.69, 9.17) is 33.4 Å². The second kappa shape index (κ2) is 27.6. The molecule has 0 unspecified atom stereocenters. The number of fused-ring (bicyclic) bond motifs is 2. The molecule has 2 aliphatic rings. The van der Waals surface area contributed by atoms with Crippen molar-refractivity contribution in [2.75, 3.05) is 33.3 Å². The number of nitrogens with one attached hydrogen (secondary N) is 4. The highest BCUT2D eigenvalue weighted by Gasteiger charge is 2.30. The third-order valence-corrected chi connectivity index (χ3v) is 14.3. The molecule has 8 heterocycles. The van der Waals surface area contributed by atoms with Crippen LogP contribution in [0.1, 0.15) is 136 Å². The van der Waals surface area contributed by atoms with Crippen LogP contribution in [0.5, 0.6) is 5.75 Å². The highest BCUT2D eigenvalue weighted by atomic mass is 19.4. The molecule has 9 aromatic rings. The predicted molar refractivity (Wildman–Crippen MR) is 331 cm³/mol. The van der Waals surface area contributed by atoms with Crippen LogP contribution in [0.25, 0.3) is 56.5 Å². The van der Waals surface area contributed by atoms with Crippen LogP contribution in [-0.4, -0.2) is 124 Å². The minimum absolute atomic E-state index is 0.00779. The SMILES string of the molecule is CC(C)(C)c1nc(C(=O)NCc2ccc(-c3ccnc4n[nH]c(/C=C5/CCNC5)c34)cc2F)no1.COc1ccc(Cn2nc(/C=C3/CCN(C(=O)OC(C)(C)C)C3)c3c(-c4ccc(CNC(=O)c5noc(C(C)(C)C)n5)c(F)c4)ccnc32)cc1.O=CC(F)(F)F. The molecule has 0 spiro atoms. The summed E-state index contributed by atoms with van der Waals surface area (Å²) in [5, 5.41) is 30.1. The van der Waals surface area contributed by atoms with Crippen LogP contribution in [0.2, 0.25) is 0 Å². The van der Waals surface area contributed by atoms with Gasteiger partial charge in [0, 0.05) is 67.1 Å². The summed E-state index contributed by atoms with van der Waals surface area (Å²) < 4.78 is 85.1. The molecule has 0 aliphatic carbocycles. The number of benzene rings is 3. The topological polar surface area (TPSA) is 276 Å². The molecule has 2 saturated heterocycles. The number of methoxy groups -OCH3 is 1. The Kier molecular flexibility index (Phi) is 19.9. The van der Waals surface area contributed by atoms with Crippen molar-refractivity contribution in [3.8, 4) is 28.0 Å². The van der Waals surface area contributed by atoms with E-state index in [1.807, 2.05) is 122 Å². The lowest BCUT2D eigenvalue weighted by molar-refractivity contribution is -0.156. The van der Waals surface area contributed by atoms with Crippen molar-refractivity contribution in [2.45, 2.75) is 117 Å². The lowest BCUT2D eigenvalue weighted by Gasteiger charge is -2.23. The first-order valence-corrected chi connectivity index (χ1v) is 29.3. The van der Waals surface area contributed by atoms with Gasteiger partial charge in [-0.25, -0.2) is 28.2 Å². The number of aldehydes is 1. The molecule has 4 N–H and O–H groups in total. The van der Waals surface area contributed by atoms with Crippen LogP contribution in [0, 0.1) is 11.6 Å². The molecule has 2 fully saturated rings. The number of halogens is 5. The Morgan fingerprint density at radius 3 is 1.78 bits per heavy atom. The van der Waals surface area contributed by atoms with Crippen molar-refractivity contribution in [3.63, 3.8) is 0 Å². The molecule has 22 nitrogen and oxygen atoms in total. The van der Waals surface area contributed by atoms with Gasteiger partial charge in [0.1, 0.15) is 23.0 Å². The van der Waals surface area contributed by atoms with Gasteiger partial charge in [-0.2, -0.15) is 33.3 Å². The predicted octanol–water partition coefficient (Wildman–Crippen LogP) is 11.4. The second-order valence-corrected chi connectivity index (χ2v) is 24.8. The van der Waals surface area contributed by atoms with Gasteiger partial charge in [-0.05, 0) is 122 Å². The van der Waals surface area contributed by atoms with E-state index in [9.17, 15) is 27.6 Å². The number of carbonyl (C=O) groups is 4. The van der Waals surface area contributed by atoms with E-state index in [0.29, 0.717) is 77.1 Å². The van der Waals surface area contributed by atoms with Crippen molar-refractivity contribution in [1.29, 1.82) is 0 Å². The fraction of sp³-hybridized carbons (Fsp3) is 0.354. The van der Waals surface area contributed by atoms with E-state index in [1.165, 1.54) is 17.7 Å². The molecule has 6 aromatic heterocycles. The van der Waals surface area contributed by atoms with Crippen LogP contribution < -0.4 is 20.7 Å². The minimum atomic E-state index is -4.64. The number of amides is 3. The molecule has 0 saturated carbocycles. The van der Waals surface area contributed by atoms with E-state index in [-0.39, 0.29) is 36.2 Å². The number of hydrogen-bond donors (Lipinski definition) is 4. The summed E-state index contributed by atoms with van der Waals surface area (Å²) in [6.45, 7) is 20.1. The molecular weight excluding hydrogens is 1200 g/mol. The zero-order valence-electron chi connectivity index (χ0n) is 52.3. The molecular formula is C65H69F5N14O8. The largest absolute Gasteiger partial charge is 0.497 e. The van der Waals surface area contributed by atoms with Crippen LogP contribution in [0.4, 0.5) is 26.7 Å². The summed E-state index contributed by atoms with van der Waals surface area (Å²) in [5.74, 6) is -0.752. The van der Waals surface area contributed by atoms with Crippen molar-refractivity contribution in [3.05, 3.63) is 159 Å². The van der Waals surface area contributed by atoms with Crippen molar-refractivity contribution in [2.24, 2.45) is 0 Å². The second-order valence-electron chi connectivity index (χ2n) is 24.8. The standard InChI is InChI=1S/C38H42FN7O5.C25H26FN7O2.C2HF3O/c1-37(2,3)35-42-32(44-51-35)34(47)41-20-26-11-10-25(19-29(26)39)28-14-16-40-33-31(28)30(43-46(33)22-23-8-12-27(49-7)13-9-23)18-24-15-17-45(21-24)36(48)50-38(4,5)6;1-25(2,3)24-30-22(33-35-24)23(34)29-13-16-5-4-15(11-18(16)26)17-7-9-28-21-20(17)19(31-32-21)10-14-6-8-27-12-14;3-2(4,5)1-6/h8-14,16,18-19H,15,17,20-22H2,1-7H3,(H,41,47);4-5,7,9-11,27H,6,8,12-13H2,1-3H3,(H,29,34)(H,28,31,32);1H/b24-18-;14-10-;. The molecule has 0 atom stereocenters. The average Bonchev–Trinajstić information content (AvgIpc) is 1.59. The molecule has 3 aromatic carbocycles. The van der Waals surface area contributed by atoms with Crippen molar-refractivity contribution in [1.82, 2.24) is 71.1 Å². The smallest absolute Gasteiger partial charge is 0.446 e. The van der Waals surface area contributed by atoms with Gasteiger partial charge in [-0.1, -0.05) is 93.8 Å². The molecule has 3 amide bonds. The quantitative estimate of drug-likeness (QED) is 0.0617. The molecule has 27 heteroatoms. The Morgan fingerprint density at radius 2 is 1.28 bits per heavy atom. The molecule has 2 aliphatic heterocycles.